The molecule has 1 amide bonds. The smallest absolute Gasteiger partial charge is 0.399 e. The van der Waals surface area contributed by atoms with Crippen LogP contribution in [0.1, 0.15) is 52.4 Å². The molecule has 8 heteroatoms. The molecule has 1 unspecified atom stereocenters. The lowest BCUT2D eigenvalue weighted by atomic mass is 9.79. The van der Waals surface area contributed by atoms with Gasteiger partial charge in [0.25, 0.3) is 0 Å². The van der Waals surface area contributed by atoms with Crippen molar-refractivity contribution in [3.63, 3.8) is 0 Å². The summed E-state index contributed by atoms with van der Waals surface area (Å²) < 4.78 is 13.7. The lowest BCUT2D eigenvalue weighted by Crippen LogP contribution is -2.41. The second-order valence-corrected chi connectivity index (χ2v) is 11.8. The van der Waals surface area contributed by atoms with E-state index in [0.717, 1.165) is 48.3 Å². The molecule has 1 N–H and O–H groups in total. The average molecular weight is 499 g/mol. The van der Waals surface area contributed by atoms with Crippen molar-refractivity contribution >= 4 is 40.4 Å². The number of fused-ring (bicyclic) bond motifs is 1. The van der Waals surface area contributed by atoms with Gasteiger partial charge in [0.15, 0.2) is 0 Å². The highest BCUT2D eigenvalue weighted by molar-refractivity contribution is 7.22. The highest BCUT2D eigenvalue weighted by Gasteiger charge is 2.51. The number of hydrogen-bond donors (Lipinski definition) is 1. The van der Waals surface area contributed by atoms with Crippen LogP contribution in [-0.2, 0) is 14.1 Å². The van der Waals surface area contributed by atoms with E-state index in [1.54, 1.807) is 11.3 Å². The maximum absolute atomic E-state index is 11.3. The van der Waals surface area contributed by atoms with Crippen molar-refractivity contribution in [3.05, 3.63) is 60.6 Å². The van der Waals surface area contributed by atoms with E-state index in [2.05, 4.69) is 86.2 Å². The minimum Gasteiger partial charge on any atom is -0.399 e. The quantitative estimate of drug-likeness (QED) is 0.289. The van der Waals surface area contributed by atoms with Crippen molar-refractivity contribution in [1.29, 1.82) is 0 Å². The molecule has 0 saturated carbocycles. The van der Waals surface area contributed by atoms with Crippen molar-refractivity contribution in [2.45, 2.75) is 57.8 Å². The first-order valence-corrected chi connectivity index (χ1v) is 13.3. The molecule has 2 saturated heterocycles. The lowest BCUT2D eigenvalue weighted by Gasteiger charge is -2.32. The summed E-state index contributed by atoms with van der Waals surface area (Å²) in [6.45, 7) is 9.12. The van der Waals surface area contributed by atoms with Gasteiger partial charge in [-0.2, -0.15) is 0 Å². The van der Waals surface area contributed by atoms with E-state index in [4.69, 9.17) is 9.31 Å². The fourth-order valence-corrected chi connectivity index (χ4v) is 6.11. The number of rotatable bonds is 5. The summed E-state index contributed by atoms with van der Waals surface area (Å²) >= 11 is 1.78. The molecular weight excluding hydrogens is 469 g/mol. The van der Waals surface area contributed by atoms with Crippen LogP contribution in [0.4, 0.5) is 0 Å². The molecule has 4 heterocycles. The molecule has 4 aromatic rings. The van der Waals surface area contributed by atoms with E-state index in [0.29, 0.717) is 0 Å². The van der Waals surface area contributed by atoms with Gasteiger partial charge < -0.3 is 19.2 Å². The summed E-state index contributed by atoms with van der Waals surface area (Å²) in [4.78, 5) is 22.4. The van der Waals surface area contributed by atoms with Gasteiger partial charge in [-0.05, 0) is 74.6 Å². The van der Waals surface area contributed by atoms with Crippen LogP contribution in [-0.4, -0.2) is 46.1 Å². The molecule has 0 bridgehead atoms. The van der Waals surface area contributed by atoms with Gasteiger partial charge in [-0.3, -0.25) is 4.79 Å². The molecule has 0 spiro atoms. The molecule has 6 rings (SSSR count). The van der Waals surface area contributed by atoms with E-state index in [1.165, 1.54) is 20.5 Å². The topological polar surface area (TPSA) is 67.5 Å². The number of carbonyl (C=O) groups excluding carboxylic acids is 1. The largest absolute Gasteiger partial charge is 0.494 e. The van der Waals surface area contributed by atoms with Crippen LogP contribution in [0.5, 0.6) is 0 Å². The first-order valence-electron chi connectivity index (χ1n) is 12.5. The number of nitrogens with one attached hydrogen (secondary N) is 1. The van der Waals surface area contributed by atoms with Gasteiger partial charge in [-0.1, -0.05) is 36.4 Å². The van der Waals surface area contributed by atoms with E-state index >= 15 is 0 Å². The van der Waals surface area contributed by atoms with Gasteiger partial charge >= 0.3 is 7.12 Å². The Morgan fingerprint density at radius 2 is 1.78 bits per heavy atom. The minimum absolute atomic E-state index is 0.0520. The Labute approximate surface area is 215 Å². The molecule has 2 aromatic heterocycles. The normalized spacial score (nSPS) is 20.9. The van der Waals surface area contributed by atoms with Crippen molar-refractivity contribution < 1.29 is 14.1 Å². The molecule has 2 aliphatic heterocycles. The van der Waals surface area contributed by atoms with Crippen molar-refractivity contribution in [3.8, 4) is 21.7 Å². The Balaban J connectivity index is 1.22. The van der Waals surface area contributed by atoms with Crippen LogP contribution in [0.3, 0.4) is 0 Å². The Hall–Kier alpha value is -2.94. The first kappa shape index (κ1) is 23.5. The predicted octanol–water partition coefficient (Wildman–Crippen LogP) is 5.55. The van der Waals surface area contributed by atoms with Crippen molar-refractivity contribution in [1.82, 2.24) is 14.9 Å². The van der Waals surface area contributed by atoms with Crippen molar-refractivity contribution in [2.24, 2.45) is 0 Å². The monoisotopic (exact) mass is 499 g/mol. The number of carbonyl (C=O) groups is 1. The molecular formula is C28H30BN3O3S. The standard InChI is InChI=1S/C28H30BN3O3S/c1-27(2)28(3,4)35-29(34-27)21-12-11-20-14-24(36-25(20)15-21)19-9-7-18(8-10-19)22-16-30-26(31-22)23-6-5-13-32(23)17-33/h7-12,14-17,23H,5-6,13H2,1-4H3,(H,30,31). The third kappa shape index (κ3) is 3.97. The maximum atomic E-state index is 11.3. The van der Waals surface area contributed by atoms with E-state index in [9.17, 15) is 4.79 Å². The number of H-pyrrole nitrogens is 1. The fraction of sp³-hybridized carbons (Fsp3) is 0.357. The summed E-state index contributed by atoms with van der Waals surface area (Å²) in [6, 6.07) is 17.3. The number of likely N-dealkylation sites (tertiary alicyclic amines) is 1. The molecule has 184 valence electrons. The van der Waals surface area contributed by atoms with Gasteiger partial charge in [0.1, 0.15) is 5.82 Å². The zero-order valence-electron chi connectivity index (χ0n) is 21.1. The van der Waals surface area contributed by atoms with Gasteiger partial charge in [0, 0.05) is 16.1 Å². The highest BCUT2D eigenvalue weighted by atomic mass is 32.1. The number of amides is 1. The average Bonchev–Trinajstić information content (AvgIpc) is 3.64. The summed E-state index contributed by atoms with van der Waals surface area (Å²) in [6.07, 6.45) is 4.76. The Morgan fingerprint density at radius 3 is 2.50 bits per heavy atom. The number of thiophene rings is 1. The van der Waals surface area contributed by atoms with Gasteiger partial charge in [0.2, 0.25) is 6.41 Å². The third-order valence-corrected chi connectivity index (χ3v) is 9.04. The second kappa shape index (κ2) is 8.58. The molecule has 2 aliphatic rings. The summed E-state index contributed by atoms with van der Waals surface area (Å²) in [5.41, 5.74) is 3.58. The van der Waals surface area contributed by atoms with Gasteiger partial charge in [-0.15, -0.1) is 11.3 Å². The van der Waals surface area contributed by atoms with Crippen LogP contribution in [0.25, 0.3) is 31.8 Å². The number of benzene rings is 2. The Morgan fingerprint density at radius 1 is 1.06 bits per heavy atom. The lowest BCUT2D eigenvalue weighted by molar-refractivity contribution is -0.119. The zero-order valence-corrected chi connectivity index (χ0v) is 21.9. The van der Waals surface area contributed by atoms with Crippen LogP contribution in [0, 0.1) is 0 Å². The minimum atomic E-state index is -0.355. The second-order valence-electron chi connectivity index (χ2n) is 10.8. The molecule has 2 aromatic carbocycles. The summed E-state index contributed by atoms with van der Waals surface area (Å²) in [5.74, 6) is 0.862. The fourth-order valence-electron chi connectivity index (χ4n) is 4.99. The molecule has 1 atom stereocenters. The molecule has 0 radical (unpaired) electrons. The number of aromatic amines is 1. The molecule has 0 aliphatic carbocycles. The number of hydrogen-bond acceptors (Lipinski definition) is 5. The van der Waals surface area contributed by atoms with Crippen LogP contribution >= 0.6 is 11.3 Å². The first-order chi connectivity index (χ1) is 17.2. The van der Waals surface area contributed by atoms with Crippen molar-refractivity contribution in [2.75, 3.05) is 6.54 Å². The van der Waals surface area contributed by atoms with E-state index < -0.39 is 0 Å². The Kier molecular flexibility index (Phi) is 5.59. The van der Waals surface area contributed by atoms with Crippen LogP contribution in [0.2, 0.25) is 0 Å². The number of imidazole rings is 1. The molecule has 6 nitrogen and oxygen atoms in total. The van der Waals surface area contributed by atoms with Crippen LogP contribution < -0.4 is 5.46 Å². The van der Waals surface area contributed by atoms with Gasteiger partial charge in [0.05, 0.1) is 29.1 Å². The molecule has 36 heavy (non-hydrogen) atoms. The number of nitrogens with zero attached hydrogens (tertiary/aromatic N) is 2. The summed E-state index contributed by atoms with van der Waals surface area (Å²) in [7, 11) is -0.355. The van der Waals surface area contributed by atoms with Gasteiger partial charge in [-0.25, -0.2) is 4.98 Å². The Bertz CT molecular complexity index is 1410. The van der Waals surface area contributed by atoms with E-state index in [-0.39, 0.29) is 24.4 Å². The highest BCUT2D eigenvalue weighted by Crippen LogP contribution is 2.38. The van der Waals surface area contributed by atoms with E-state index in [1.807, 2.05) is 11.1 Å². The summed E-state index contributed by atoms with van der Waals surface area (Å²) in [5, 5.41) is 1.22. The molecule has 2 fully saturated rings. The number of aromatic nitrogens is 2. The zero-order chi connectivity index (χ0) is 25.1. The SMILES string of the molecule is CC1(C)OB(c2ccc3cc(-c4ccc(-c5cnc(C6CCCN6C=O)[nH]5)cc4)sc3c2)OC1(C)C. The maximum Gasteiger partial charge on any atom is 0.494 e. The van der Waals surface area contributed by atoms with Crippen LogP contribution in [0.15, 0.2) is 54.7 Å². The third-order valence-electron chi connectivity index (χ3n) is 7.89. The predicted molar refractivity (Wildman–Crippen MR) is 145 cm³/mol.